The van der Waals surface area contributed by atoms with Crippen molar-refractivity contribution in [1.29, 1.82) is 0 Å². The summed E-state index contributed by atoms with van der Waals surface area (Å²) in [5.74, 6) is 0.626. The molecule has 0 bridgehead atoms. The average molecular weight is 362 g/mol. The summed E-state index contributed by atoms with van der Waals surface area (Å²) in [6.45, 7) is 17.6. The predicted molar refractivity (Wildman–Crippen MR) is 119 cm³/mol. The molecule has 0 aliphatic heterocycles. The third kappa shape index (κ3) is 6.75. The Morgan fingerprint density at radius 1 is 0.963 bits per heavy atom. The van der Waals surface area contributed by atoms with Crippen LogP contribution < -0.4 is 0 Å². The van der Waals surface area contributed by atoms with E-state index in [1.54, 1.807) is 0 Å². The lowest BCUT2D eigenvalue weighted by atomic mass is 9.96. The van der Waals surface area contributed by atoms with E-state index in [0.29, 0.717) is 5.92 Å². The van der Waals surface area contributed by atoms with E-state index in [2.05, 4.69) is 101 Å². The summed E-state index contributed by atoms with van der Waals surface area (Å²) in [4.78, 5) is 2.46. The molecule has 0 heterocycles. The Morgan fingerprint density at radius 2 is 1.63 bits per heavy atom. The molecule has 0 spiro atoms. The summed E-state index contributed by atoms with van der Waals surface area (Å²) in [6.07, 6.45) is 2.11. The lowest BCUT2D eigenvalue weighted by molar-refractivity contribution is 0.343. The molecule has 0 aliphatic rings. The Labute approximate surface area is 166 Å². The van der Waals surface area contributed by atoms with Gasteiger partial charge in [0.15, 0.2) is 0 Å². The summed E-state index contributed by atoms with van der Waals surface area (Å²) in [5, 5.41) is 0. The van der Waals surface area contributed by atoms with Crippen LogP contribution in [0.3, 0.4) is 0 Å². The molecule has 0 N–H and O–H groups in total. The second kappa shape index (κ2) is 10.2. The summed E-state index contributed by atoms with van der Waals surface area (Å²) in [7, 11) is 0. The van der Waals surface area contributed by atoms with Gasteiger partial charge in [0.1, 0.15) is 0 Å². The molecule has 1 nitrogen and oxygen atoms in total. The van der Waals surface area contributed by atoms with Crippen molar-refractivity contribution >= 4 is 0 Å². The fraction of sp³-hybridized carbons (Fsp3) is 0.385. The minimum absolute atomic E-state index is 0.626. The first-order chi connectivity index (χ1) is 12.9. The normalized spacial score (nSPS) is 10.7. The van der Waals surface area contributed by atoms with Crippen LogP contribution in [0.4, 0.5) is 0 Å². The Morgan fingerprint density at radius 3 is 2.22 bits per heavy atom. The highest BCUT2D eigenvalue weighted by atomic mass is 15.1. The van der Waals surface area contributed by atoms with E-state index >= 15 is 0 Å². The molecule has 0 fully saturated rings. The molecule has 27 heavy (non-hydrogen) atoms. The van der Waals surface area contributed by atoms with Crippen LogP contribution in [0.25, 0.3) is 0 Å². The van der Waals surface area contributed by atoms with Gasteiger partial charge in [-0.2, -0.15) is 0 Å². The molecule has 0 unspecified atom stereocenters. The van der Waals surface area contributed by atoms with E-state index in [-0.39, 0.29) is 0 Å². The minimum Gasteiger partial charge on any atom is -0.367 e. The van der Waals surface area contributed by atoms with Crippen LogP contribution in [-0.4, -0.2) is 11.4 Å². The van der Waals surface area contributed by atoms with Crippen molar-refractivity contribution in [3.63, 3.8) is 0 Å². The van der Waals surface area contributed by atoms with Crippen molar-refractivity contribution in [1.82, 2.24) is 4.90 Å². The van der Waals surface area contributed by atoms with E-state index in [4.69, 9.17) is 0 Å². The smallest absolute Gasteiger partial charge is 0.0429 e. The molecule has 1 heteroatoms. The SMILES string of the molecule is C=C(C(CC(C)C)=C(C)C)N(CCc1ccccc1)Cc1cccc(C)c1. The highest BCUT2D eigenvalue weighted by molar-refractivity contribution is 5.33. The summed E-state index contributed by atoms with van der Waals surface area (Å²) < 4.78 is 0. The van der Waals surface area contributed by atoms with Crippen LogP contribution in [0.1, 0.15) is 50.8 Å². The molecular weight excluding hydrogens is 326 g/mol. The Bertz CT molecular complexity index is 764. The largest absolute Gasteiger partial charge is 0.367 e. The van der Waals surface area contributed by atoms with Crippen LogP contribution in [0, 0.1) is 12.8 Å². The number of allylic oxidation sites excluding steroid dienone is 2. The van der Waals surface area contributed by atoms with Crippen molar-refractivity contribution < 1.29 is 0 Å². The van der Waals surface area contributed by atoms with Crippen molar-refractivity contribution in [3.8, 4) is 0 Å². The molecule has 0 amide bonds. The zero-order chi connectivity index (χ0) is 19.8. The van der Waals surface area contributed by atoms with Gasteiger partial charge in [-0.25, -0.2) is 0 Å². The number of nitrogens with zero attached hydrogens (tertiary/aromatic N) is 1. The molecule has 0 aliphatic carbocycles. The fourth-order valence-corrected chi connectivity index (χ4v) is 3.46. The summed E-state index contributed by atoms with van der Waals surface area (Å²) in [5.41, 5.74) is 8.00. The van der Waals surface area contributed by atoms with Gasteiger partial charge in [-0.3, -0.25) is 0 Å². The number of benzene rings is 2. The van der Waals surface area contributed by atoms with Gasteiger partial charge in [-0.15, -0.1) is 0 Å². The van der Waals surface area contributed by atoms with Gasteiger partial charge in [0.25, 0.3) is 0 Å². The maximum absolute atomic E-state index is 4.53. The molecule has 144 valence electrons. The van der Waals surface area contributed by atoms with E-state index < -0.39 is 0 Å². The van der Waals surface area contributed by atoms with E-state index in [0.717, 1.165) is 25.9 Å². The van der Waals surface area contributed by atoms with Gasteiger partial charge in [-0.05, 0) is 56.2 Å². The predicted octanol–water partition coefficient (Wildman–Crippen LogP) is 6.94. The van der Waals surface area contributed by atoms with Crippen LogP contribution in [0.15, 0.2) is 78.0 Å². The Hall–Kier alpha value is -2.28. The maximum atomic E-state index is 4.53. The Balaban J connectivity index is 2.24. The minimum atomic E-state index is 0.626. The molecule has 0 aromatic heterocycles. The van der Waals surface area contributed by atoms with E-state index in [9.17, 15) is 0 Å². The van der Waals surface area contributed by atoms with Crippen molar-refractivity contribution in [2.75, 3.05) is 6.54 Å². The summed E-state index contributed by atoms with van der Waals surface area (Å²) >= 11 is 0. The van der Waals surface area contributed by atoms with Gasteiger partial charge in [0, 0.05) is 18.8 Å². The first kappa shape index (κ1) is 21.0. The molecule has 2 aromatic carbocycles. The van der Waals surface area contributed by atoms with Gasteiger partial charge < -0.3 is 4.90 Å². The zero-order valence-electron chi connectivity index (χ0n) is 17.8. The molecule has 0 saturated heterocycles. The Kier molecular flexibility index (Phi) is 7.91. The van der Waals surface area contributed by atoms with Gasteiger partial charge in [0.2, 0.25) is 0 Å². The zero-order valence-corrected chi connectivity index (χ0v) is 17.8. The van der Waals surface area contributed by atoms with Gasteiger partial charge in [-0.1, -0.05) is 86.2 Å². The molecule has 0 radical (unpaired) electrons. The lowest BCUT2D eigenvalue weighted by Gasteiger charge is -2.30. The van der Waals surface area contributed by atoms with Crippen LogP contribution in [0.5, 0.6) is 0 Å². The van der Waals surface area contributed by atoms with Crippen LogP contribution in [0.2, 0.25) is 0 Å². The fourth-order valence-electron chi connectivity index (χ4n) is 3.46. The summed E-state index contributed by atoms with van der Waals surface area (Å²) in [6, 6.07) is 19.6. The average Bonchev–Trinajstić information content (AvgIpc) is 2.63. The standard InChI is InChI=1S/C26H35N/c1-20(2)17-26(21(3)4)23(6)27(16-15-24-12-8-7-9-13-24)19-25-14-10-11-22(5)18-25/h7-14,18,20H,6,15-17,19H2,1-5H3. The third-order valence-corrected chi connectivity index (χ3v) is 4.92. The second-order valence-corrected chi connectivity index (χ2v) is 8.17. The second-order valence-electron chi connectivity index (χ2n) is 8.17. The van der Waals surface area contributed by atoms with Crippen LogP contribution in [-0.2, 0) is 13.0 Å². The molecular formula is C26H35N. The highest BCUT2D eigenvalue weighted by Crippen LogP contribution is 2.26. The van der Waals surface area contributed by atoms with Gasteiger partial charge >= 0.3 is 0 Å². The van der Waals surface area contributed by atoms with Crippen molar-refractivity contribution in [2.45, 2.75) is 54.0 Å². The first-order valence-electron chi connectivity index (χ1n) is 10.1. The first-order valence-corrected chi connectivity index (χ1v) is 10.1. The number of hydrogen-bond acceptors (Lipinski definition) is 1. The lowest BCUT2D eigenvalue weighted by Crippen LogP contribution is -2.26. The topological polar surface area (TPSA) is 3.24 Å². The van der Waals surface area contributed by atoms with Crippen molar-refractivity contribution in [3.05, 3.63) is 94.7 Å². The van der Waals surface area contributed by atoms with Crippen LogP contribution >= 0.6 is 0 Å². The van der Waals surface area contributed by atoms with E-state index in [1.807, 2.05) is 0 Å². The van der Waals surface area contributed by atoms with Gasteiger partial charge in [0.05, 0.1) is 0 Å². The molecule has 0 saturated carbocycles. The third-order valence-electron chi connectivity index (χ3n) is 4.92. The highest BCUT2D eigenvalue weighted by Gasteiger charge is 2.15. The molecule has 2 rings (SSSR count). The number of rotatable bonds is 9. The molecule has 2 aromatic rings. The maximum Gasteiger partial charge on any atom is 0.0429 e. The van der Waals surface area contributed by atoms with Crippen molar-refractivity contribution in [2.24, 2.45) is 5.92 Å². The molecule has 0 atom stereocenters. The number of aryl methyl sites for hydroxylation is 1. The van der Waals surface area contributed by atoms with E-state index in [1.165, 1.54) is 33.5 Å². The number of hydrogen-bond donors (Lipinski definition) is 0. The monoisotopic (exact) mass is 361 g/mol. The quantitative estimate of drug-likeness (QED) is 0.437.